The lowest BCUT2D eigenvalue weighted by Crippen LogP contribution is -2.51. The summed E-state index contributed by atoms with van der Waals surface area (Å²) in [6.45, 7) is 4.55. The Bertz CT molecular complexity index is 814. The van der Waals surface area contributed by atoms with Crippen molar-refractivity contribution >= 4 is 34.4 Å². The molecule has 1 aromatic carbocycles. The summed E-state index contributed by atoms with van der Waals surface area (Å²) in [5, 5.41) is 7.65. The number of aromatic nitrogens is 2. The smallest absolute Gasteiger partial charge is 0.173 e. The van der Waals surface area contributed by atoms with Crippen LogP contribution in [0.2, 0.25) is 0 Å². The SMILES string of the molecule is S=C(N/C=C1/CCCNc2ccccc21)N1CCN(c2cnccn2)CC1. The standard InChI is InChI=1S/C20H24N6S/c27-20(26-12-10-25(11-13-26)19-15-21-8-9-23-19)24-14-16-4-3-7-22-18-6-2-1-5-17(16)18/h1-2,5-6,8-9,14-15,22H,3-4,7,10-13H2,(H,24,27)/b16-14-. The Morgan fingerprint density at radius 1 is 1.15 bits per heavy atom. The van der Waals surface area contributed by atoms with Gasteiger partial charge in [-0.05, 0) is 36.7 Å². The number of piperazine rings is 1. The number of anilines is 2. The molecule has 0 spiro atoms. The van der Waals surface area contributed by atoms with Crippen LogP contribution in [0.4, 0.5) is 11.5 Å². The summed E-state index contributed by atoms with van der Waals surface area (Å²) in [5.41, 5.74) is 3.76. The highest BCUT2D eigenvalue weighted by molar-refractivity contribution is 7.80. The van der Waals surface area contributed by atoms with Crippen LogP contribution in [0.5, 0.6) is 0 Å². The molecule has 0 saturated carbocycles. The van der Waals surface area contributed by atoms with Crippen LogP contribution in [0.15, 0.2) is 49.1 Å². The van der Waals surface area contributed by atoms with E-state index in [1.54, 1.807) is 12.4 Å². The van der Waals surface area contributed by atoms with Crippen LogP contribution in [0, 0.1) is 0 Å². The van der Waals surface area contributed by atoms with Gasteiger partial charge >= 0.3 is 0 Å². The quantitative estimate of drug-likeness (QED) is 0.777. The first-order chi connectivity index (χ1) is 13.3. The number of allylic oxidation sites excluding steroid dienone is 1. The average Bonchev–Trinajstić information content (AvgIpc) is 2.95. The zero-order valence-electron chi connectivity index (χ0n) is 15.3. The monoisotopic (exact) mass is 380 g/mol. The van der Waals surface area contributed by atoms with Crippen molar-refractivity contribution in [3.8, 4) is 0 Å². The third-order valence-corrected chi connectivity index (χ3v) is 5.40. The molecule has 1 saturated heterocycles. The second-order valence-electron chi connectivity index (χ2n) is 6.73. The number of fused-ring (bicyclic) bond motifs is 1. The summed E-state index contributed by atoms with van der Waals surface area (Å²) < 4.78 is 0. The van der Waals surface area contributed by atoms with Gasteiger partial charge in [0, 0.05) is 62.6 Å². The maximum Gasteiger partial charge on any atom is 0.173 e. The highest BCUT2D eigenvalue weighted by Gasteiger charge is 2.20. The van der Waals surface area contributed by atoms with Crippen LogP contribution in [0.3, 0.4) is 0 Å². The summed E-state index contributed by atoms with van der Waals surface area (Å²) in [4.78, 5) is 13.0. The molecule has 2 aliphatic rings. The summed E-state index contributed by atoms with van der Waals surface area (Å²) in [7, 11) is 0. The summed E-state index contributed by atoms with van der Waals surface area (Å²) in [5.74, 6) is 0.931. The first-order valence-corrected chi connectivity index (χ1v) is 9.81. The molecule has 0 atom stereocenters. The topological polar surface area (TPSA) is 56.3 Å². The number of nitrogens with one attached hydrogen (secondary N) is 2. The fraction of sp³-hybridized carbons (Fsp3) is 0.350. The maximum atomic E-state index is 5.64. The molecule has 140 valence electrons. The van der Waals surface area contributed by atoms with Crippen LogP contribution in [0.25, 0.3) is 5.57 Å². The van der Waals surface area contributed by atoms with Crippen molar-refractivity contribution in [1.29, 1.82) is 0 Å². The molecule has 0 aliphatic carbocycles. The molecule has 0 bridgehead atoms. The highest BCUT2D eigenvalue weighted by atomic mass is 32.1. The van der Waals surface area contributed by atoms with Crippen LogP contribution >= 0.6 is 12.2 Å². The molecule has 0 radical (unpaired) electrons. The predicted octanol–water partition coefficient (Wildman–Crippen LogP) is 2.72. The molecule has 3 heterocycles. The maximum absolute atomic E-state index is 5.64. The average molecular weight is 381 g/mol. The lowest BCUT2D eigenvalue weighted by molar-refractivity contribution is 0.382. The molecule has 27 heavy (non-hydrogen) atoms. The van der Waals surface area contributed by atoms with Gasteiger partial charge in [-0.2, -0.15) is 0 Å². The Morgan fingerprint density at radius 2 is 2.00 bits per heavy atom. The number of rotatable bonds is 2. The van der Waals surface area contributed by atoms with E-state index in [1.165, 1.54) is 16.8 Å². The minimum Gasteiger partial charge on any atom is -0.385 e. The Balaban J connectivity index is 1.37. The predicted molar refractivity (Wildman–Crippen MR) is 114 cm³/mol. The molecule has 6 nitrogen and oxygen atoms in total. The number of hydrogen-bond donors (Lipinski definition) is 2. The summed E-state index contributed by atoms with van der Waals surface area (Å²) >= 11 is 5.64. The van der Waals surface area contributed by atoms with E-state index < -0.39 is 0 Å². The van der Waals surface area contributed by atoms with Crippen molar-refractivity contribution in [1.82, 2.24) is 20.2 Å². The van der Waals surface area contributed by atoms with Crippen molar-refractivity contribution in [2.75, 3.05) is 42.9 Å². The molecule has 4 rings (SSSR count). The van der Waals surface area contributed by atoms with Crippen LogP contribution < -0.4 is 15.5 Å². The number of hydrogen-bond acceptors (Lipinski definition) is 5. The number of benzene rings is 1. The number of thiocarbonyl (C=S) groups is 1. The van der Waals surface area contributed by atoms with E-state index in [0.29, 0.717) is 0 Å². The molecule has 0 amide bonds. The lowest BCUT2D eigenvalue weighted by Gasteiger charge is -2.36. The van der Waals surface area contributed by atoms with E-state index in [4.69, 9.17) is 12.2 Å². The third kappa shape index (κ3) is 4.19. The van der Waals surface area contributed by atoms with Gasteiger partial charge in [-0.1, -0.05) is 18.2 Å². The first kappa shape index (κ1) is 17.7. The molecule has 0 unspecified atom stereocenters. The van der Waals surface area contributed by atoms with Crippen LogP contribution in [-0.4, -0.2) is 52.7 Å². The first-order valence-electron chi connectivity index (χ1n) is 9.40. The zero-order chi connectivity index (χ0) is 18.5. The molecule has 7 heteroatoms. The van der Waals surface area contributed by atoms with Crippen molar-refractivity contribution in [3.63, 3.8) is 0 Å². The van der Waals surface area contributed by atoms with Crippen molar-refractivity contribution in [2.45, 2.75) is 12.8 Å². The molecular weight excluding hydrogens is 356 g/mol. The van der Waals surface area contributed by atoms with E-state index in [1.807, 2.05) is 6.20 Å². The molecular formula is C20H24N6S. The van der Waals surface area contributed by atoms with Gasteiger partial charge in [-0.25, -0.2) is 4.98 Å². The van der Waals surface area contributed by atoms with Gasteiger partial charge in [0.1, 0.15) is 5.82 Å². The van der Waals surface area contributed by atoms with Gasteiger partial charge in [0.2, 0.25) is 0 Å². The van der Waals surface area contributed by atoms with E-state index in [9.17, 15) is 0 Å². The second kappa shape index (κ2) is 8.35. The Morgan fingerprint density at radius 3 is 2.81 bits per heavy atom. The lowest BCUT2D eigenvalue weighted by atomic mass is 10.0. The van der Waals surface area contributed by atoms with Crippen molar-refractivity contribution in [3.05, 3.63) is 54.6 Å². The fourth-order valence-electron chi connectivity index (χ4n) is 3.54. The Kier molecular flexibility index (Phi) is 5.48. The molecule has 2 aliphatic heterocycles. The van der Waals surface area contributed by atoms with E-state index >= 15 is 0 Å². The molecule has 2 aromatic rings. The van der Waals surface area contributed by atoms with Crippen LogP contribution in [-0.2, 0) is 0 Å². The third-order valence-electron chi connectivity index (χ3n) is 5.02. The van der Waals surface area contributed by atoms with Gasteiger partial charge in [0.05, 0.1) is 6.20 Å². The van der Waals surface area contributed by atoms with E-state index in [-0.39, 0.29) is 0 Å². The van der Waals surface area contributed by atoms with Gasteiger partial charge in [0.15, 0.2) is 5.11 Å². The normalized spacial score (nSPS) is 18.4. The van der Waals surface area contributed by atoms with Gasteiger partial charge in [-0.3, -0.25) is 4.98 Å². The van der Waals surface area contributed by atoms with Gasteiger partial charge in [0.25, 0.3) is 0 Å². The minimum absolute atomic E-state index is 0.788. The van der Waals surface area contributed by atoms with Crippen LogP contribution in [0.1, 0.15) is 18.4 Å². The Labute approximate surface area is 165 Å². The highest BCUT2D eigenvalue weighted by Crippen LogP contribution is 2.29. The van der Waals surface area contributed by atoms with Gasteiger partial charge < -0.3 is 20.4 Å². The fourth-order valence-corrected chi connectivity index (χ4v) is 3.78. The summed E-state index contributed by atoms with van der Waals surface area (Å²) in [6.07, 6.45) is 9.50. The largest absolute Gasteiger partial charge is 0.385 e. The van der Waals surface area contributed by atoms with Crippen molar-refractivity contribution in [2.24, 2.45) is 0 Å². The van der Waals surface area contributed by atoms with Gasteiger partial charge in [-0.15, -0.1) is 0 Å². The second-order valence-corrected chi connectivity index (χ2v) is 7.12. The van der Waals surface area contributed by atoms with Crippen molar-refractivity contribution < 1.29 is 0 Å². The molecule has 1 aromatic heterocycles. The minimum atomic E-state index is 0.788. The number of para-hydroxylation sites is 1. The van der Waals surface area contributed by atoms with E-state index in [0.717, 1.165) is 56.5 Å². The molecule has 1 fully saturated rings. The van der Waals surface area contributed by atoms with E-state index in [2.05, 4.69) is 60.9 Å². The molecule has 2 N–H and O–H groups in total. The number of nitrogens with zero attached hydrogens (tertiary/aromatic N) is 4. The zero-order valence-corrected chi connectivity index (χ0v) is 16.1. The Hall–Kier alpha value is -2.67. The summed E-state index contributed by atoms with van der Waals surface area (Å²) in [6, 6.07) is 8.47.